The summed E-state index contributed by atoms with van der Waals surface area (Å²) in [5, 5.41) is 11.0. The van der Waals surface area contributed by atoms with Crippen LogP contribution < -0.4 is 19.6 Å². The van der Waals surface area contributed by atoms with E-state index in [2.05, 4.69) is 20.9 Å². The first-order valence-corrected chi connectivity index (χ1v) is 12.3. The van der Waals surface area contributed by atoms with Gasteiger partial charge in [0.05, 0.1) is 27.1 Å². The summed E-state index contributed by atoms with van der Waals surface area (Å²) in [6.07, 6.45) is 1.80. The van der Waals surface area contributed by atoms with Crippen molar-refractivity contribution in [1.82, 2.24) is 9.38 Å². The summed E-state index contributed by atoms with van der Waals surface area (Å²) >= 11 is 4.89. The van der Waals surface area contributed by atoms with E-state index in [1.54, 1.807) is 34.7 Å². The van der Waals surface area contributed by atoms with Crippen molar-refractivity contribution in [2.45, 2.75) is 13.5 Å². The number of halogens is 1. The molecular formula is C25H18BrN3O5S. The summed E-state index contributed by atoms with van der Waals surface area (Å²) < 4.78 is 14.6. The minimum Gasteiger partial charge on any atom is -0.490 e. The maximum Gasteiger partial charge on any atom is 0.274 e. The second-order valence-corrected chi connectivity index (χ2v) is 9.47. The number of nitro groups is 1. The average Bonchev–Trinajstić information content (AvgIpc) is 3.36. The molecule has 176 valence electrons. The Labute approximate surface area is 211 Å². The molecule has 0 saturated carbocycles. The summed E-state index contributed by atoms with van der Waals surface area (Å²) in [5.74, 6) is 0.989. The van der Waals surface area contributed by atoms with Crippen LogP contribution in [0.5, 0.6) is 11.5 Å². The molecule has 0 saturated heterocycles. The van der Waals surface area contributed by atoms with Crippen molar-refractivity contribution < 1.29 is 14.4 Å². The Morgan fingerprint density at radius 2 is 1.91 bits per heavy atom. The van der Waals surface area contributed by atoms with Crippen LogP contribution in [0, 0.1) is 10.1 Å². The smallest absolute Gasteiger partial charge is 0.274 e. The summed E-state index contributed by atoms with van der Waals surface area (Å²) in [7, 11) is 0. The largest absolute Gasteiger partial charge is 0.490 e. The van der Waals surface area contributed by atoms with E-state index in [1.807, 2.05) is 31.2 Å². The van der Waals surface area contributed by atoms with Crippen LogP contribution in [0.2, 0.25) is 0 Å². The van der Waals surface area contributed by atoms with E-state index in [0.717, 1.165) is 16.6 Å². The van der Waals surface area contributed by atoms with Gasteiger partial charge in [-0.3, -0.25) is 14.9 Å². The highest BCUT2D eigenvalue weighted by atomic mass is 79.9. The number of hydrogen-bond acceptors (Lipinski definition) is 7. The number of para-hydroxylation sites is 2. The second-order valence-electron chi connectivity index (χ2n) is 7.60. The van der Waals surface area contributed by atoms with Crippen molar-refractivity contribution in [2.24, 2.45) is 0 Å². The van der Waals surface area contributed by atoms with Crippen LogP contribution in [0.25, 0.3) is 22.1 Å². The lowest BCUT2D eigenvalue weighted by atomic mass is 10.2. The lowest BCUT2D eigenvalue weighted by Gasteiger charge is -2.14. The summed E-state index contributed by atoms with van der Waals surface area (Å²) in [6.45, 7) is 2.42. The lowest BCUT2D eigenvalue weighted by Crippen LogP contribution is -2.22. The third-order valence-corrected chi connectivity index (χ3v) is 6.97. The molecule has 35 heavy (non-hydrogen) atoms. The Hall–Kier alpha value is -3.76. The van der Waals surface area contributed by atoms with Gasteiger partial charge < -0.3 is 9.47 Å². The number of rotatable bonds is 7. The zero-order chi connectivity index (χ0) is 24.5. The fourth-order valence-electron chi connectivity index (χ4n) is 3.72. The van der Waals surface area contributed by atoms with Gasteiger partial charge in [-0.05, 0) is 48.4 Å². The van der Waals surface area contributed by atoms with Gasteiger partial charge in [0.1, 0.15) is 6.61 Å². The molecule has 0 radical (unpaired) electrons. The fourth-order valence-corrected chi connectivity index (χ4v) is 5.13. The molecule has 10 heteroatoms. The molecule has 0 fully saturated rings. The van der Waals surface area contributed by atoms with E-state index in [0.29, 0.717) is 37.6 Å². The first-order valence-electron chi connectivity index (χ1n) is 10.7. The van der Waals surface area contributed by atoms with Crippen LogP contribution in [0.4, 0.5) is 5.69 Å². The van der Waals surface area contributed by atoms with Crippen molar-refractivity contribution in [3.05, 3.63) is 101 Å². The van der Waals surface area contributed by atoms with Crippen molar-refractivity contribution in [2.75, 3.05) is 6.61 Å². The molecule has 5 rings (SSSR count). The second kappa shape index (κ2) is 9.47. The predicted molar refractivity (Wildman–Crippen MR) is 138 cm³/mol. The van der Waals surface area contributed by atoms with E-state index in [1.165, 1.54) is 23.5 Å². The molecule has 0 atom stereocenters. The molecule has 0 aliphatic carbocycles. The first kappa shape index (κ1) is 23.0. The third-order valence-electron chi connectivity index (χ3n) is 5.31. The van der Waals surface area contributed by atoms with Crippen molar-refractivity contribution in [3.8, 4) is 11.5 Å². The first-order chi connectivity index (χ1) is 16.9. The van der Waals surface area contributed by atoms with E-state index >= 15 is 0 Å². The Morgan fingerprint density at radius 1 is 1.11 bits per heavy atom. The number of thiazole rings is 1. The van der Waals surface area contributed by atoms with Gasteiger partial charge in [-0.25, -0.2) is 9.38 Å². The molecule has 0 amide bonds. The number of imidazole rings is 1. The highest BCUT2D eigenvalue weighted by Gasteiger charge is 2.14. The Balaban J connectivity index is 1.50. The van der Waals surface area contributed by atoms with Crippen LogP contribution in [0.15, 0.2) is 69.9 Å². The van der Waals surface area contributed by atoms with Gasteiger partial charge in [-0.2, -0.15) is 0 Å². The predicted octanol–water partition coefficient (Wildman–Crippen LogP) is 5.11. The number of fused-ring (bicyclic) bond motifs is 3. The minimum atomic E-state index is -0.439. The van der Waals surface area contributed by atoms with Gasteiger partial charge in [0.2, 0.25) is 0 Å². The number of nitro benzene ring substituents is 1. The van der Waals surface area contributed by atoms with Gasteiger partial charge in [-0.15, -0.1) is 0 Å². The quantitative estimate of drug-likeness (QED) is 0.206. The van der Waals surface area contributed by atoms with Gasteiger partial charge in [0.15, 0.2) is 16.5 Å². The molecule has 2 heterocycles. The van der Waals surface area contributed by atoms with Crippen molar-refractivity contribution in [1.29, 1.82) is 0 Å². The maximum absolute atomic E-state index is 13.1. The number of hydrogen-bond donors (Lipinski definition) is 0. The van der Waals surface area contributed by atoms with E-state index in [9.17, 15) is 14.9 Å². The average molecular weight is 552 g/mol. The molecule has 0 bridgehead atoms. The van der Waals surface area contributed by atoms with Gasteiger partial charge in [0, 0.05) is 16.6 Å². The highest BCUT2D eigenvalue weighted by Crippen LogP contribution is 2.35. The number of non-ortho nitro benzene ring substituents is 1. The molecule has 8 nitrogen and oxygen atoms in total. The van der Waals surface area contributed by atoms with Gasteiger partial charge >= 0.3 is 0 Å². The zero-order valence-corrected chi connectivity index (χ0v) is 20.8. The molecule has 0 spiro atoms. The number of nitrogens with zero attached hydrogens (tertiary/aromatic N) is 3. The van der Waals surface area contributed by atoms with Crippen molar-refractivity contribution in [3.63, 3.8) is 0 Å². The molecule has 0 aliphatic heterocycles. The molecule has 2 aromatic heterocycles. The number of benzene rings is 3. The van der Waals surface area contributed by atoms with Crippen LogP contribution in [0.1, 0.15) is 18.1 Å². The molecule has 0 aliphatic rings. The molecule has 0 N–H and O–H groups in total. The molecular weight excluding hydrogens is 534 g/mol. The minimum absolute atomic E-state index is 0.00532. The summed E-state index contributed by atoms with van der Waals surface area (Å²) in [6, 6.07) is 17.4. The van der Waals surface area contributed by atoms with E-state index < -0.39 is 4.92 Å². The van der Waals surface area contributed by atoms with E-state index in [-0.39, 0.29) is 17.9 Å². The molecule has 3 aromatic carbocycles. The monoisotopic (exact) mass is 551 g/mol. The van der Waals surface area contributed by atoms with Gasteiger partial charge in [-0.1, -0.05) is 51.5 Å². The SMILES string of the molecule is CCOc1cc(/C=c2\sc3nc4ccccc4n3c2=O)c(Br)cc1OCc1cccc([N+](=O)[O-])c1. The van der Waals surface area contributed by atoms with Crippen LogP contribution in [0.3, 0.4) is 0 Å². The van der Waals surface area contributed by atoms with Crippen LogP contribution in [-0.2, 0) is 6.61 Å². The summed E-state index contributed by atoms with van der Waals surface area (Å²) in [4.78, 5) is 28.9. The fraction of sp³-hybridized carbons (Fsp3) is 0.120. The Morgan fingerprint density at radius 3 is 2.71 bits per heavy atom. The Kier molecular flexibility index (Phi) is 6.23. The zero-order valence-electron chi connectivity index (χ0n) is 18.4. The van der Waals surface area contributed by atoms with Crippen LogP contribution in [-0.4, -0.2) is 20.9 Å². The standard InChI is InChI=1S/C25H18BrN3O5S/c1-2-33-21-11-16(12-23-24(30)28-20-9-4-3-8-19(20)27-25(28)35-23)18(26)13-22(21)34-14-15-6-5-7-17(10-15)29(31)32/h3-13H,2,14H2,1H3/b23-12-. The number of ether oxygens (including phenoxy) is 2. The highest BCUT2D eigenvalue weighted by molar-refractivity contribution is 9.10. The van der Waals surface area contributed by atoms with Crippen molar-refractivity contribution >= 4 is 55.0 Å². The van der Waals surface area contributed by atoms with Gasteiger partial charge in [0.25, 0.3) is 11.2 Å². The molecule has 0 unspecified atom stereocenters. The maximum atomic E-state index is 13.1. The Bertz CT molecular complexity index is 1700. The summed E-state index contributed by atoms with van der Waals surface area (Å²) in [5.41, 5.74) is 2.86. The number of aromatic nitrogens is 2. The van der Waals surface area contributed by atoms with Crippen LogP contribution >= 0.6 is 27.3 Å². The van der Waals surface area contributed by atoms with E-state index in [4.69, 9.17) is 9.47 Å². The normalized spacial score (nSPS) is 11.9. The lowest BCUT2D eigenvalue weighted by molar-refractivity contribution is -0.384. The third kappa shape index (κ3) is 4.50. The molecule has 5 aromatic rings. The topological polar surface area (TPSA) is 96.0 Å².